The molecule has 32 heavy (non-hydrogen) atoms. The molecule has 162 valence electrons. The van der Waals surface area contributed by atoms with Gasteiger partial charge in [-0.2, -0.15) is 0 Å². The molecule has 0 aromatic heterocycles. The minimum atomic E-state index is -0.383. The molecule has 5 heteroatoms. The van der Waals surface area contributed by atoms with Crippen LogP contribution in [-0.4, -0.2) is 11.8 Å². The van der Waals surface area contributed by atoms with Crippen LogP contribution in [0, 0.1) is 20.8 Å². The normalized spacial score (nSPS) is 13.8. The van der Waals surface area contributed by atoms with Crippen molar-refractivity contribution in [3.63, 3.8) is 0 Å². The first-order valence-electron chi connectivity index (χ1n) is 10.6. The molecule has 1 heterocycles. The van der Waals surface area contributed by atoms with Crippen molar-refractivity contribution in [1.29, 1.82) is 0 Å². The number of imide groups is 1. The number of aryl methyl sites for hydroxylation is 3. The summed E-state index contributed by atoms with van der Waals surface area (Å²) >= 11 is 6.29. The Bertz CT molecular complexity index is 1260. The first-order chi connectivity index (χ1) is 15.3. The standard InChI is InChI=1S/C27H25ClN2O2/c1-5-19-10-13-21(14-11-19)30-26(31)24(20-12-9-16(2)17(3)15-20)25(27(30)32)29-23-8-6-7-22(28)18(23)4/h6-15,29H,5H2,1-4H3. The summed E-state index contributed by atoms with van der Waals surface area (Å²) in [5.41, 5.74) is 6.70. The summed E-state index contributed by atoms with van der Waals surface area (Å²) < 4.78 is 0. The van der Waals surface area contributed by atoms with E-state index in [9.17, 15) is 9.59 Å². The summed E-state index contributed by atoms with van der Waals surface area (Å²) in [6.07, 6.45) is 0.884. The van der Waals surface area contributed by atoms with Gasteiger partial charge in [-0.25, -0.2) is 4.90 Å². The minimum absolute atomic E-state index is 0.253. The number of nitrogens with one attached hydrogen (secondary N) is 1. The van der Waals surface area contributed by atoms with E-state index in [0.717, 1.165) is 28.7 Å². The van der Waals surface area contributed by atoms with Gasteiger partial charge < -0.3 is 5.32 Å². The van der Waals surface area contributed by atoms with Crippen LogP contribution < -0.4 is 10.2 Å². The molecule has 4 rings (SSSR count). The minimum Gasteiger partial charge on any atom is -0.350 e. The molecule has 1 N–H and O–H groups in total. The molecule has 0 fully saturated rings. The molecular weight excluding hydrogens is 420 g/mol. The summed E-state index contributed by atoms with van der Waals surface area (Å²) in [4.78, 5) is 28.4. The Balaban J connectivity index is 1.85. The van der Waals surface area contributed by atoms with E-state index in [0.29, 0.717) is 27.5 Å². The third-order valence-corrected chi connectivity index (χ3v) is 6.42. The van der Waals surface area contributed by atoms with Gasteiger partial charge in [0.1, 0.15) is 5.70 Å². The monoisotopic (exact) mass is 444 g/mol. The van der Waals surface area contributed by atoms with E-state index in [1.165, 1.54) is 4.90 Å². The number of halogens is 1. The van der Waals surface area contributed by atoms with Crippen LogP contribution in [0.4, 0.5) is 11.4 Å². The number of hydrogen-bond donors (Lipinski definition) is 1. The zero-order valence-corrected chi connectivity index (χ0v) is 19.4. The lowest BCUT2D eigenvalue weighted by Gasteiger charge is -2.16. The van der Waals surface area contributed by atoms with Gasteiger partial charge in [0.15, 0.2) is 0 Å². The Morgan fingerprint density at radius 2 is 1.59 bits per heavy atom. The summed E-state index contributed by atoms with van der Waals surface area (Å²) in [5, 5.41) is 3.81. The van der Waals surface area contributed by atoms with Crippen LogP contribution in [0.15, 0.2) is 66.4 Å². The van der Waals surface area contributed by atoms with E-state index in [1.807, 2.05) is 75.4 Å². The second-order valence-corrected chi connectivity index (χ2v) is 8.46. The second-order valence-electron chi connectivity index (χ2n) is 8.05. The van der Waals surface area contributed by atoms with Crippen LogP contribution in [-0.2, 0) is 16.0 Å². The molecule has 3 aromatic carbocycles. The Morgan fingerprint density at radius 3 is 2.25 bits per heavy atom. The average molecular weight is 445 g/mol. The average Bonchev–Trinajstić information content (AvgIpc) is 3.03. The van der Waals surface area contributed by atoms with Gasteiger partial charge in [-0.1, -0.05) is 54.9 Å². The van der Waals surface area contributed by atoms with Gasteiger partial charge in [-0.15, -0.1) is 0 Å². The summed E-state index contributed by atoms with van der Waals surface area (Å²) in [5.74, 6) is -0.725. The van der Waals surface area contributed by atoms with Crippen LogP contribution >= 0.6 is 11.6 Å². The molecule has 0 saturated heterocycles. The summed E-state index contributed by atoms with van der Waals surface area (Å²) in [6, 6.07) is 18.8. The molecule has 0 bridgehead atoms. The number of benzene rings is 3. The van der Waals surface area contributed by atoms with Gasteiger partial charge in [0.25, 0.3) is 11.8 Å². The van der Waals surface area contributed by atoms with Gasteiger partial charge in [0.2, 0.25) is 0 Å². The largest absolute Gasteiger partial charge is 0.350 e. The molecule has 0 unspecified atom stereocenters. The van der Waals surface area contributed by atoms with E-state index >= 15 is 0 Å². The molecule has 0 atom stereocenters. The predicted molar refractivity (Wildman–Crippen MR) is 131 cm³/mol. The van der Waals surface area contributed by atoms with Gasteiger partial charge >= 0.3 is 0 Å². The van der Waals surface area contributed by atoms with Crippen molar-refractivity contribution in [3.8, 4) is 0 Å². The van der Waals surface area contributed by atoms with Crippen LogP contribution in [0.1, 0.15) is 34.7 Å². The lowest BCUT2D eigenvalue weighted by atomic mass is 9.99. The molecule has 1 aliphatic heterocycles. The highest BCUT2D eigenvalue weighted by Crippen LogP contribution is 2.35. The fraction of sp³-hybridized carbons (Fsp3) is 0.185. The molecule has 0 aliphatic carbocycles. The van der Waals surface area contributed by atoms with E-state index in [-0.39, 0.29) is 17.5 Å². The van der Waals surface area contributed by atoms with Gasteiger partial charge in [0, 0.05) is 10.7 Å². The van der Waals surface area contributed by atoms with E-state index in [2.05, 4.69) is 12.2 Å². The molecule has 0 spiro atoms. The van der Waals surface area contributed by atoms with Crippen LogP contribution in [0.3, 0.4) is 0 Å². The van der Waals surface area contributed by atoms with Crippen LogP contribution in [0.2, 0.25) is 5.02 Å². The lowest BCUT2D eigenvalue weighted by Crippen LogP contribution is -2.32. The van der Waals surface area contributed by atoms with Crippen molar-refractivity contribution in [3.05, 3.63) is 99.2 Å². The summed E-state index contributed by atoms with van der Waals surface area (Å²) in [7, 11) is 0. The van der Waals surface area contributed by atoms with Crippen molar-refractivity contribution in [1.82, 2.24) is 0 Å². The quantitative estimate of drug-likeness (QED) is 0.475. The maximum atomic E-state index is 13.6. The molecule has 0 radical (unpaired) electrons. The fourth-order valence-corrected chi connectivity index (χ4v) is 3.98. The first kappa shape index (κ1) is 21.8. The Kier molecular flexibility index (Phi) is 5.90. The van der Waals surface area contributed by atoms with E-state index < -0.39 is 0 Å². The SMILES string of the molecule is CCc1ccc(N2C(=O)C(Nc3cccc(Cl)c3C)=C(c3ccc(C)c(C)c3)C2=O)cc1. The molecule has 4 nitrogen and oxygen atoms in total. The topological polar surface area (TPSA) is 49.4 Å². The van der Waals surface area contributed by atoms with Gasteiger partial charge in [-0.3, -0.25) is 9.59 Å². The molecule has 3 aromatic rings. The molecule has 0 saturated carbocycles. The van der Waals surface area contributed by atoms with Crippen molar-refractivity contribution in [2.45, 2.75) is 34.1 Å². The maximum absolute atomic E-state index is 13.6. The number of nitrogens with zero attached hydrogens (tertiary/aromatic N) is 1. The van der Waals surface area contributed by atoms with Crippen LogP contribution in [0.5, 0.6) is 0 Å². The van der Waals surface area contributed by atoms with Gasteiger partial charge in [0.05, 0.1) is 11.3 Å². The Morgan fingerprint density at radius 1 is 0.875 bits per heavy atom. The van der Waals surface area contributed by atoms with E-state index in [1.54, 1.807) is 6.07 Å². The predicted octanol–water partition coefficient (Wildman–Crippen LogP) is 6.22. The number of amides is 2. The molecule has 2 amide bonds. The molecular formula is C27H25ClN2O2. The molecule has 1 aliphatic rings. The van der Waals surface area contributed by atoms with Crippen molar-refractivity contribution in [2.24, 2.45) is 0 Å². The third kappa shape index (κ3) is 3.82. The van der Waals surface area contributed by atoms with Crippen molar-refractivity contribution >= 4 is 40.4 Å². The highest BCUT2D eigenvalue weighted by Gasteiger charge is 2.40. The van der Waals surface area contributed by atoms with Crippen molar-refractivity contribution in [2.75, 3.05) is 10.2 Å². The second kappa shape index (κ2) is 8.64. The zero-order valence-electron chi connectivity index (χ0n) is 18.6. The van der Waals surface area contributed by atoms with Gasteiger partial charge in [-0.05, 0) is 79.3 Å². The highest BCUT2D eigenvalue weighted by molar-refractivity contribution is 6.46. The number of carbonyl (C=O) groups is 2. The number of carbonyl (C=O) groups excluding carboxylic acids is 2. The van der Waals surface area contributed by atoms with E-state index in [4.69, 9.17) is 11.6 Å². The Hall–Kier alpha value is -3.37. The number of anilines is 2. The Labute approximate surface area is 193 Å². The number of hydrogen-bond acceptors (Lipinski definition) is 3. The highest BCUT2D eigenvalue weighted by atomic mass is 35.5. The lowest BCUT2D eigenvalue weighted by molar-refractivity contribution is -0.120. The number of rotatable bonds is 5. The zero-order chi connectivity index (χ0) is 23.0. The van der Waals surface area contributed by atoms with Crippen LogP contribution in [0.25, 0.3) is 5.57 Å². The first-order valence-corrected chi connectivity index (χ1v) is 11.0. The van der Waals surface area contributed by atoms with Crippen molar-refractivity contribution < 1.29 is 9.59 Å². The fourth-order valence-electron chi connectivity index (χ4n) is 3.80. The maximum Gasteiger partial charge on any atom is 0.282 e. The smallest absolute Gasteiger partial charge is 0.282 e. The third-order valence-electron chi connectivity index (χ3n) is 6.01. The summed E-state index contributed by atoms with van der Waals surface area (Å²) in [6.45, 7) is 7.96.